The van der Waals surface area contributed by atoms with E-state index in [1.165, 1.54) is 0 Å². The summed E-state index contributed by atoms with van der Waals surface area (Å²) >= 11 is 0. The summed E-state index contributed by atoms with van der Waals surface area (Å²) in [6.07, 6.45) is 1.09. The molecule has 0 saturated carbocycles. The van der Waals surface area contributed by atoms with E-state index in [4.69, 9.17) is 16.4 Å². The summed E-state index contributed by atoms with van der Waals surface area (Å²) in [5.41, 5.74) is 9.33. The molecule has 20 heavy (non-hydrogen) atoms. The lowest BCUT2D eigenvalue weighted by atomic mass is 10.1. The van der Waals surface area contributed by atoms with Crippen molar-refractivity contribution in [1.29, 1.82) is 10.7 Å². The maximum Gasteiger partial charge on any atom is 0.220 e. The van der Waals surface area contributed by atoms with Crippen LogP contribution in [0.1, 0.15) is 12.0 Å². The molecule has 0 saturated heterocycles. The topological polar surface area (TPSA) is 127 Å². The first kappa shape index (κ1) is 15.2. The van der Waals surface area contributed by atoms with Crippen LogP contribution in [0.25, 0.3) is 0 Å². The third-order valence-electron chi connectivity index (χ3n) is 2.53. The van der Waals surface area contributed by atoms with Gasteiger partial charge in [-0.15, -0.1) is 0 Å². The van der Waals surface area contributed by atoms with Crippen molar-refractivity contribution in [3.05, 3.63) is 29.8 Å². The molecule has 104 valence electrons. The first-order valence-corrected chi connectivity index (χ1v) is 5.94. The normalized spacial score (nSPS) is 10.5. The minimum Gasteiger partial charge on any atom is -0.382 e. The van der Waals surface area contributed by atoms with Crippen LogP contribution in [-0.4, -0.2) is 24.5 Å². The van der Waals surface area contributed by atoms with E-state index >= 15 is 0 Å². The van der Waals surface area contributed by atoms with Crippen molar-refractivity contribution >= 4 is 23.1 Å². The minimum absolute atomic E-state index is 0.00285. The highest BCUT2D eigenvalue weighted by molar-refractivity contribution is 6.45. The number of carbonyl (C=O) groups is 1. The number of carbonyl (C=O) groups excluding carboxylic acids is 1. The molecule has 0 bridgehead atoms. The first-order chi connectivity index (χ1) is 9.56. The minimum atomic E-state index is -0.387. The van der Waals surface area contributed by atoms with Gasteiger partial charge in [0.2, 0.25) is 11.6 Å². The van der Waals surface area contributed by atoms with Crippen LogP contribution in [0.3, 0.4) is 0 Å². The summed E-state index contributed by atoms with van der Waals surface area (Å²) in [6.45, 7) is 0. The van der Waals surface area contributed by atoms with Gasteiger partial charge in [0.15, 0.2) is 5.84 Å². The van der Waals surface area contributed by atoms with E-state index in [-0.39, 0.29) is 17.5 Å². The van der Waals surface area contributed by atoms with Crippen molar-refractivity contribution in [2.45, 2.75) is 12.8 Å². The number of nitrogens with two attached hydrogens (primary N) is 1. The quantitative estimate of drug-likeness (QED) is 0.343. The zero-order chi connectivity index (χ0) is 15.0. The second-order valence-electron chi connectivity index (χ2n) is 3.97. The van der Waals surface area contributed by atoms with Gasteiger partial charge in [0.25, 0.3) is 0 Å². The second-order valence-corrected chi connectivity index (χ2v) is 3.97. The number of nitrogens with zero attached hydrogens (tertiary/aromatic N) is 2. The van der Waals surface area contributed by atoms with Crippen LogP contribution in [-0.2, 0) is 11.2 Å². The largest absolute Gasteiger partial charge is 0.382 e. The number of hydrazone groups is 1. The molecule has 0 fully saturated rings. The van der Waals surface area contributed by atoms with Crippen molar-refractivity contribution < 1.29 is 4.79 Å². The van der Waals surface area contributed by atoms with Crippen molar-refractivity contribution in [2.75, 3.05) is 12.5 Å². The fourth-order valence-corrected chi connectivity index (χ4v) is 1.39. The van der Waals surface area contributed by atoms with E-state index in [9.17, 15) is 4.79 Å². The zero-order valence-corrected chi connectivity index (χ0v) is 11.1. The van der Waals surface area contributed by atoms with E-state index in [1.807, 2.05) is 12.1 Å². The van der Waals surface area contributed by atoms with Crippen LogP contribution in [0.15, 0.2) is 29.4 Å². The highest BCUT2D eigenvalue weighted by Crippen LogP contribution is 2.11. The number of benzene rings is 1. The first-order valence-electron chi connectivity index (χ1n) is 5.94. The molecule has 1 amide bonds. The molecule has 7 heteroatoms. The molecular weight excluding hydrogens is 256 g/mol. The predicted molar refractivity (Wildman–Crippen MR) is 77.4 cm³/mol. The molecule has 5 N–H and O–H groups in total. The van der Waals surface area contributed by atoms with Crippen LogP contribution < -0.4 is 16.5 Å². The Kier molecular flexibility index (Phi) is 5.72. The van der Waals surface area contributed by atoms with Gasteiger partial charge >= 0.3 is 0 Å². The number of amidine groups is 1. The van der Waals surface area contributed by atoms with Gasteiger partial charge in [-0.3, -0.25) is 15.6 Å². The fourth-order valence-electron chi connectivity index (χ4n) is 1.39. The van der Waals surface area contributed by atoms with Gasteiger partial charge < -0.3 is 11.1 Å². The lowest BCUT2D eigenvalue weighted by Crippen LogP contribution is -2.21. The molecule has 1 aromatic carbocycles. The summed E-state index contributed by atoms with van der Waals surface area (Å²) in [6, 6.07) is 8.99. The van der Waals surface area contributed by atoms with E-state index < -0.39 is 0 Å². The molecule has 0 heterocycles. The number of hydrogen-bond donors (Lipinski definition) is 4. The second kappa shape index (κ2) is 7.53. The fraction of sp³-hybridized carbons (Fsp3) is 0.231. The smallest absolute Gasteiger partial charge is 0.220 e. The Morgan fingerprint density at radius 3 is 2.60 bits per heavy atom. The van der Waals surface area contributed by atoms with Crippen molar-refractivity contribution in [3.63, 3.8) is 0 Å². The summed E-state index contributed by atoms with van der Waals surface area (Å²) in [4.78, 5) is 11.1. The van der Waals surface area contributed by atoms with Gasteiger partial charge in [-0.05, 0) is 24.1 Å². The number of amides is 1. The van der Waals surface area contributed by atoms with Crippen molar-refractivity contribution in [1.82, 2.24) is 5.32 Å². The van der Waals surface area contributed by atoms with Gasteiger partial charge in [-0.1, -0.05) is 12.1 Å². The maximum atomic E-state index is 11.1. The van der Waals surface area contributed by atoms with Gasteiger partial charge in [0.1, 0.15) is 6.07 Å². The summed E-state index contributed by atoms with van der Waals surface area (Å²) in [7, 11) is 1.61. The lowest BCUT2D eigenvalue weighted by molar-refractivity contribution is -0.120. The third kappa shape index (κ3) is 4.78. The van der Waals surface area contributed by atoms with E-state index in [1.54, 1.807) is 25.2 Å². The van der Waals surface area contributed by atoms with Crippen molar-refractivity contribution in [2.24, 2.45) is 10.8 Å². The zero-order valence-electron chi connectivity index (χ0n) is 11.1. The standard InChI is InChI=1S/C13H16N6O/c1-17-12(20)7-4-9-2-5-10(6-3-9)18-19-11(8-14)13(15)16/h2-3,5-6,18H,4,7H2,1H3,(H3,15,16)(H,17,20)/b19-11+. The molecule has 0 aromatic heterocycles. The number of hydrogen-bond acceptors (Lipinski definition) is 5. The number of anilines is 1. The number of aryl methyl sites for hydroxylation is 1. The molecule has 0 aliphatic carbocycles. The van der Waals surface area contributed by atoms with Crippen LogP contribution in [0.5, 0.6) is 0 Å². The molecule has 0 aliphatic rings. The Labute approximate surface area is 117 Å². The number of rotatable bonds is 6. The highest BCUT2D eigenvalue weighted by Gasteiger charge is 2.02. The highest BCUT2D eigenvalue weighted by atomic mass is 16.1. The summed E-state index contributed by atoms with van der Waals surface area (Å²) in [5, 5.41) is 22.1. The molecular formula is C13H16N6O. The number of nitrogens with one attached hydrogen (secondary N) is 3. The van der Waals surface area contributed by atoms with E-state index in [2.05, 4.69) is 15.8 Å². The molecule has 0 atom stereocenters. The molecule has 7 nitrogen and oxygen atoms in total. The van der Waals surface area contributed by atoms with Crippen LogP contribution in [0.4, 0.5) is 5.69 Å². The van der Waals surface area contributed by atoms with Gasteiger partial charge in [0, 0.05) is 13.5 Å². The Bertz CT molecular complexity index is 555. The van der Waals surface area contributed by atoms with Crippen molar-refractivity contribution in [3.8, 4) is 6.07 Å². The summed E-state index contributed by atoms with van der Waals surface area (Å²) < 4.78 is 0. The molecule has 0 radical (unpaired) electrons. The molecule has 0 unspecified atom stereocenters. The average molecular weight is 272 g/mol. The van der Waals surface area contributed by atoms with Gasteiger partial charge in [-0.25, -0.2) is 0 Å². The van der Waals surface area contributed by atoms with Crippen LogP contribution in [0.2, 0.25) is 0 Å². The third-order valence-corrected chi connectivity index (χ3v) is 2.53. The van der Waals surface area contributed by atoms with Gasteiger partial charge in [0.05, 0.1) is 5.69 Å². The Hall–Kier alpha value is -2.88. The lowest BCUT2D eigenvalue weighted by Gasteiger charge is -2.04. The molecule has 0 aliphatic heterocycles. The van der Waals surface area contributed by atoms with Crippen LogP contribution >= 0.6 is 0 Å². The average Bonchev–Trinajstić information content (AvgIpc) is 2.46. The van der Waals surface area contributed by atoms with E-state index in [0.29, 0.717) is 18.5 Å². The van der Waals surface area contributed by atoms with Gasteiger partial charge in [-0.2, -0.15) is 10.4 Å². The monoisotopic (exact) mass is 272 g/mol. The number of nitriles is 1. The SMILES string of the molecule is CNC(=O)CCc1ccc(N/N=C(\C#N)C(=N)N)cc1. The van der Waals surface area contributed by atoms with E-state index in [0.717, 1.165) is 5.56 Å². The maximum absolute atomic E-state index is 11.1. The van der Waals surface area contributed by atoms with Crippen LogP contribution in [0, 0.1) is 16.7 Å². The Morgan fingerprint density at radius 2 is 2.10 bits per heavy atom. The molecule has 1 rings (SSSR count). The summed E-state index contributed by atoms with van der Waals surface area (Å²) in [5.74, 6) is -0.390. The Morgan fingerprint density at radius 1 is 1.45 bits per heavy atom. The molecule has 0 spiro atoms. The predicted octanol–water partition coefficient (Wildman–Crippen LogP) is 0.593. The Balaban J connectivity index is 2.61. The molecule has 1 aromatic rings.